The van der Waals surface area contributed by atoms with Gasteiger partial charge in [0.2, 0.25) is 5.91 Å². The van der Waals surface area contributed by atoms with E-state index in [1.807, 2.05) is 0 Å². The Morgan fingerprint density at radius 1 is 1.05 bits per heavy atom. The van der Waals surface area contributed by atoms with Crippen molar-refractivity contribution in [2.24, 2.45) is 5.92 Å². The van der Waals surface area contributed by atoms with Gasteiger partial charge in [-0.05, 0) is 37.1 Å². The molecule has 2 aromatic heterocycles. The fraction of sp³-hybridized carbons (Fsp3) is 0.333. The van der Waals surface area contributed by atoms with Gasteiger partial charge in [0.05, 0.1) is 5.69 Å². The van der Waals surface area contributed by atoms with Gasteiger partial charge in [-0.15, -0.1) is 11.3 Å². The van der Waals surface area contributed by atoms with E-state index in [9.17, 15) is 45.5 Å². The molecule has 17 heteroatoms. The third-order valence-corrected chi connectivity index (χ3v) is 8.24. The van der Waals surface area contributed by atoms with E-state index in [-0.39, 0.29) is 45.4 Å². The van der Waals surface area contributed by atoms with Crippen molar-refractivity contribution in [3.63, 3.8) is 0 Å². The summed E-state index contributed by atoms with van der Waals surface area (Å²) in [5.74, 6) is -6.66. The highest BCUT2D eigenvalue weighted by Crippen LogP contribution is 2.33. The number of alkyl halides is 6. The van der Waals surface area contributed by atoms with Crippen LogP contribution < -0.4 is 10.6 Å². The first-order chi connectivity index (χ1) is 20.7. The molecule has 2 atom stereocenters. The van der Waals surface area contributed by atoms with Gasteiger partial charge in [-0.2, -0.15) is 26.3 Å². The summed E-state index contributed by atoms with van der Waals surface area (Å²) in [7, 11) is 0. The van der Waals surface area contributed by atoms with E-state index in [1.165, 1.54) is 36.2 Å². The molecule has 1 fully saturated rings. The Morgan fingerprint density at radius 2 is 1.75 bits per heavy atom. The number of pyridine rings is 1. The van der Waals surface area contributed by atoms with Gasteiger partial charge in [0, 0.05) is 37.0 Å². The summed E-state index contributed by atoms with van der Waals surface area (Å²) in [6.07, 6.45) is -8.44. The van der Waals surface area contributed by atoms with Crippen LogP contribution in [0.15, 0.2) is 42.6 Å². The molecule has 4 amide bonds. The molecular weight excluding hydrogens is 618 g/mol. The van der Waals surface area contributed by atoms with Gasteiger partial charge in [0.15, 0.2) is 5.92 Å². The smallest absolute Gasteiger partial charge is 0.350 e. The van der Waals surface area contributed by atoms with E-state index < -0.39 is 60.2 Å². The Morgan fingerprint density at radius 3 is 2.41 bits per heavy atom. The van der Waals surface area contributed by atoms with Crippen molar-refractivity contribution in [3.8, 4) is 10.6 Å². The monoisotopic (exact) mass is 640 g/mol. The van der Waals surface area contributed by atoms with Gasteiger partial charge in [-0.3, -0.25) is 24.2 Å². The van der Waals surface area contributed by atoms with Gasteiger partial charge in [-0.1, -0.05) is 18.2 Å². The van der Waals surface area contributed by atoms with Crippen molar-refractivity contribution in [2.45, 2.75) is 31.7 Å². The van der Waals surface area contributed by atoms with Crippen LogP contribution in [0, 0.1) is 12.8 Å². The molecule has 5 rings (SSSR count). The van der Waals surface area contributed by atoms with Gasteiger partial charge in [0.1, 0.15) is 21.6 Å². The van der Waals surface area contributed by atoms with Crippen molar-refractivity contribution in [3.05, 3.63) is 70.0 Å². The summed E-state index contributed by atoms with van der Waals surface area (Å²) in [4.78, 5) is 59.6. The molecule has 10 nitrogen and oxygen atoms in total. The third kappa shape index (κ3) is 5.95. The topological polar surface area (TPSA) is 125 Å². The van der Waals surface area contributed by atoms with Crippen LogP contribution in [-0.4, -0.2) is 69.4 Å². The van der Waals surface area contributed by atoms with Crippen LogP contribution in [0.25, 0.3) is 10.6 Å². The molecule has 4 heterocycles. The largest absolute Gasteiger partial charge is 0.433 e. The third-order valence-electron chi connectivity index (χ3n) is 7.04. The highest BCUT2D eigenvalue weighted by molar-refractivity contribution is 7.17. The van der Waals surface area contributed by atoms with Crippen LogP contribution in [0.2, 0.25) is 0 Å². The van der Waals surface area contributed by atoms with E-state index in [1.54, 1.807) is 0 Å². The average molecular weight is 641 g/mol. The Hall–Kier alpha value is -4.54. The number of hydrogen-bond donors (Lipinski definition) is 2. The molecule has 232 valence electrons. The first kappa shape index (κ1) is 30.9. The second-order valence-corrected chi connectivity index (χ2v) is 10.9. The normalized spacial score (nSPS) is 17.6. The lowest BCUT2D eigenvalue weighted by Crippen LogP contribution is -2.51. The lowest BCUT2D eigenvalue weighted by molar-refractivity contribution is -0.182. The Balaban J connectivity index is 1.33. The number of amides is 4. The minimum atomic E-state index is -5.14. The van der Waals surface area contributed by atoms with Crippen LogP contribution in [0.4, 0.5) is 26.3 Å². The molecule has 0 bridgehead atoms. The predicted molar refractivity (Wildman–Crippen MR) is 142 cm³/mol. The first-order valence-corrected chi connectivity index (χ1v) is 13.9. The molecule has 0 radical (unpaired) electrons. The molecule has 1 aromatic carbocycles. The highest BCUT2D eigenvalue weighted by atomic mass is 32.1. The summed E-state index contributed by atoms with van der Waals surface area (Å²) >= 11 is 0.721. The maximum Gasteiger partial charge on any atom is 0.433 e. The van der Waals surface area contributed by atoms with Crippen molar-refractivity contribution in [1.82, 2.24) is 30.6 Å². The van der Waals surface area contributed by atoms with Gasteiger partial charge < -0.3 is 10.6 Å². The predicted octanol–water partition coefficient (Wildman–Crippen LogP) is 3.90. The van der Waals surface area contributed by atoms with Gasteiger partial charge in [0.25, 0.3) is 17.7 Å². The number of benzene rings is 1. The molecule has 0 saturated carbocycles. The van der Waals surface area contributed by atoms with Crippen LogP contribution >= 0.6 is 11.3 Å². The van der Waals surface area contributed by atoms with Crippen LogP contribution in [0.3, 0.4) is 0 Å². The minimum Gasteiger partial charge on any atom is -0.350 e. The molecule has 44 heavy (non-hydrogen) atoms. The zero-order valence-electron chi connectivity index (χ0n) is 22.6. The number of aryl methyl sites for hydroxylation is 1. The van der Waals surface area contributed by atoms with Crippen molar-refractivity contribution in [1.29, 1.82) is 0 Å². The number of carbonyl (C=O) groups is 4. The van der Waals surface area contributed by atoms with Crippen molar-refractivity contribution in [2.75, 3.05) is 19.6 Å². The molecule has 2 aliphatic heterocycles. The number of halogens is 6. The summed E-state index contributed by atoms with van der Waals surface area (Å²) < 4.78 is 80.7. The number of rotatable bonds is 6. The Bertz CT molecular complexity index is 1620. The lowest BCUT2D eigenvalue weighted by atomic mass is 9.98. The minimum absolute atomic E-state index is 0.0424. The lowest BCUT2D eigenvalue weighted by Gasteiger charge is -2.28. The second-order valence-electron chi connectivity index (χ2n) is 9.94. The molecule has 0 spiro atoms. The number of fused-ring (bicyclic) bond motifs is 2. The molecule has 2 aliphatic rings. The van der Waals surface area contributed by atoms with Crippen molar-refractivity contribution >= 4 is 35.0 Å². The van der Waals surface area contributed by atoms with Crippen LogP contribution in [0.1, 0.15) is 49.4 Å². The Labute approximate surface area is 249 Å². The number of hydrazine groups is 1. The fourth-order valence-corrected chi connectivity index (χ4v) is 5.82. The van der Waals surface area contributed by atoms with Gasteiger partial charge in [-0.25, -0.2) is 15.0 Å². The van der Waals surface area contributed by atoms with E-state index in [2.05, 4.69) is 20.6 Å². The van der Waals surface area contributed by atoms with Crippen LogP contribution in [0.5, 0.6) is 0 Å². The molecule has 0 unspecified atom stereocenters. The van der Waals surface area contributed by atoms with Crippen LogP contribution in [-0.2, 0) is 15.8 Å². The standard InChI is InChI=1S/C27H22F6N6O4S/c1-13-20(44-23(36-13)14-7-8-18(34-11-14)27(31,32)33)22(41)35-12-17(26(28,29)30)21(40)37-19-15-5-2-3-6-16(15)24(42)38-9-4-10-39(38)25(19)43/h2-3,5-8,11,17,19H,4,9-10,12H2,1H3,(H,35,41)(H,37,40)/t17-,19+/m1/s1. The number of nitrogens with one attached hydrogen (secondary N) is 2. The number of hydrogen-bond acceptors (Lipinski definition) is 7. The molecule has 1 saturated heterocycles. The fourth-order valence-electron chi connectivity index (χ4n) is 4.85. The Kier molecular flexibility index (Phi) is 8.09. The maximum atomic E-state index is 14.1. The average Bonchev–Trinajstić information content (AvgIpc) is 3.60. The number of carbonyl (C=O) groups excluding carboxylic acids is 4. The zero-order valence-corrected chi connectivity index (χ0v) is 23.4. The summed E-state index contributed by atoms with van der Waals surface area (Å²) in [6, 6.07) is 6.04. The molecule has 0 aliphatic carbocycles. The van der Waals surface area contributed by atoms with E-state index >= 15 is 0 Å². The van der Waals surface area contributed by atoms with E-state index in [0.29, 0.717) is 6.42 Å². The summed E-state index contributed by atoms with van der Waals surface area (Å²) in [5.41, 5.74) is -0.785. The first-order valence-electron chi connectivity index (χ1n) is 13.0. The molecule has 3 aromatic rings. The number of thiazole rings is 1. The maximum absolute atomic E-state index is 14.1. The highest BCUT2D eigenvalue weighted by Gasteiger charge is 2.48. The van der Waals surface area contributed by atoms with Gasteiger partial charge >= 0.3 is 12.4 Å². The van der Waals surface area contributed by atoms with E-state index in [4.69, 9.17) is 0 Å². The molecule has 2 N–H and O–H groups in total. The van der Waals surface area contributed by atoms with Crippen molar-refractivity contribution < 1.29 is 45.5 Å². The summed E-state index contributed by atoms with van der Waals surface area (Å²) in [5, 5.41) is 6.62. The number of aromatic nitrogens is 2. The number of nitrogens with zero attached hydrogens (tertiary/aromatic N) is 4. The SMILES string of the molecule is Cc1nc(-c2ccc(C(F)(F)F)nc2)sc1C(=O)NC[C@H](C(=O)N[C@@H]1C(=O)N2CCCN2C(=O)c2ccccc21)C(F)(F)F. The summed E-state index contributed by atoms with van der Waals surface area (Å²) in [6.45, 7) is 0.561. The molecular formula is C27H22F6N6O4S. The quantitative estimate of drug-likeness (QED) is 0.394. The van der Waals surface area contributed by atoms with E-state index in [0.717, 1.165) is 34.7 Å². The second kappa shape index (κ2) is 11.5. The zero-order chi connectivity index (χ0) is 32.0.